The number of rotatable bonds is 2. The maximum absolute atomic E-state index is 12.5. The molecule has 1 fully saturated rings. The minimum Gasteiger partial charge on any atom is -0.372 e. The van der Waals surface area contributed by atoms with Crippen LogP contribution >= 0.6 is 0 Å². The first-order valence-electron chi connectivity index (χ1n) is 4.93. The van der Waals surface area contributed by atoms with E-state index in [4.69, 9.17) is 10.5 Å². The lowest BCUT2D eigenvalue weighted by molar-refractivity contribution is 0.104. The number of nitrogens with two attached hydrogens (primary N) is 1. The highest BCUT2D eigenvalue weighted by molar-refractivity contribution is 5.27. The first-order chi connectivity index (χ1) is 7.18. The van der Waals surface area contributed by atoms with E-state index in [9.17, 15) is 8.78 Å². The van der Waals surface area contributed by atoms with Gasteiger partial charge in [0.2, 0.25) is 0 Å². The molecule has 0 bridgehead atoms. The summed E-state index contributed by atoms with van der Waals surface area (Å²) in [4.78, 5) is 0. The van der Waals surface area contributed by atoms with Gasteiger partial charge in [0.15, 0.2) is 0 Å². The molecule has 0 saturated carbocycles. The molecule has 0 amide bonds. The van der Waals surface area contributed by atoms with E-state index in [1.807, 2.05) is 0 Å². The van der Waals surface area contributed by atoms with Gasteiger partial charge in [-0.15, -0.1) is 0 Å². The van der Waals surface area contributed by atoms with Crippen LogP contribution in [0.25, 0.3) is 0 Å². The van der Waals surface area contributed by atoms with Crippen molar-refractivity contribution < 1.29 is 13.5 Å². The van der Waals surface area contributed by atoms with E-state index in [1.165, 1.54) is 12.1 Å². The molecule has 0 aromatic heterocycles. The molecule has 82 valence electrons. The third-order valence-corrected chi connectivity index (χ3v) is 2.63. The van der Waals surface area contributed by atoms with Gasteiger partial charge in [0.1, 0.15) is 0 Å². The zero-order chi connectivity index (χ0) is 10.8. The Hall–Kier alpha value is -1.00. The van der Waals surface area contributed by atoms with Crippen LogP contribution in [0.4, 0.5) is 8.78 Å². The molecule has 2 atom stereocenters. The van der Waals surface area contributed by atoms with Gasteiger partial charge in [-0.05, 0) is 18.1 Å². The number of benzene rings is 1. The highest BCUT2D eigenvalue weighted by Gasteiger charge is 2.26. The molecule has 1 aliphatic heterocycles. The molecular weight excluding hydrogens is 200 g/mol. The van der Waals surface area contributed by atoms with Crippen LogP contribution in [0.1, 0.15) is 30.1 Å². The van der Waals surface area contributed by atoms with Gasteiger partial charge in [0, 0.05) is 18.2 Å². The van der Waals surface area contributed by atoms with Crippen LogP contribution in [0.2, 0.25) is 0 Å². The molecule has 2 unspecified atom stereocenters. The monoisotopic (exact) mass is 213 g/mol. The van der Waals surface area contributed by atoms with E-state index in [0.29, 0.717) is 6.61 Å². The fraction of sp³-hybridized carbons (Fsp3) is 0.455. The predicted molar refractivity (Wildman–Crippen MR) is 52.7 cm³/mol. The molecule has 0 spiro atoms. The van der Waals surface area contributed by atoms with E-state index in [2.05, 4.69) is 0 Å². The highest BCUT2D eigenvalue weighted by atomic mass is 19.3. The van der Waals surface area contributed by atoms with Crippen LogP contribution in [0, 0.1) is 0 Å². The first kappa shape index (κ1) is 10.5. The van der Waals surface area contributed by atoms with E-state index >= 15 is 0 Å². The van der Waals surface area contributed by atoms with E-state index < -0.39 is 6.43 Å². The normalized spacial score (nSPS) is 26.1. The topological polar surface area (TPSA) is 35.2 Å². The Bertz CT molecular complexity index is 343. The van der Waals surface area contributed by atoms with Gasteiger partial charge in [-0.1, -0.05) is 18.2 Å². The van der Waals surface area contributed by atoms with E-state index in [1.54, 1.807) is 12.1 Å². The van der Waals surface area contributed by atoms with Crippen molar-refractivity contribution in [2.24, 2.45) is 5.73 Å². The number of hydrogen-bond acceptors (Lipinski definition) is 2. The van der Waals surface area contributed by atoms with Gasteiger partial charge in [-0.3, -0.25) is 0 Å². The first-order valence-corrected chi connectivity index (χ1v) is 4.93. The summed E-state index contributed by atoms with van der Waals surface area (Å²) in [5.74, 6) is 0. The van der Waals surface area contributed by atoms with Crippen molar-refractivity contribution in [3.63, 3.8) is 0 Å². The third-order valence-electron chi connectivity index (χ3n) is 2.63. The van der Waals surface area contributed by atoms with Crippen LogP contribution in [-0.2, 0) is 4.74 Å². The average molecular weight is 213 g/mol. The number of hydrogen-bond donors (Lipinski definition) is 1. The maximum Gasteiger partial charge on any atom is 0.263 e. The van der Waals surface area contributed by atoms with Crippen molar-refractivity contribution in [3.8, 4) is 0 Å². The van der Waals surface area contributed by atoms with Crippen LogP contribution in [0.5, 0.6) is 0 Å². The Kier molecular flexibility index (Phi) is 2.98. The summed E-state index contributed by atoms with van der Waals surface area (Å²) < 4.78 is 30.3. The lowest BCUT2D eigenvalue weighted by Crippen LogP contribution is -2.23. The molecule has 15 heavy (non-hydrogen) atoms. The summed E-state index contributed by atoms with van der Waals surface area (Å²) in [6, 6.07) is 6.19. The second-order valence-electron chi connectivity index (χ2n) is 3.71. The van der Waals surface area contributed by atoms with Crippen LogP contribution in [0.3, 0.4) is 0 Å². The van der Waals surface area contributed by atoms with Crippen molar-refractivity contribution >= 4 is 0 Å². The Morgan fingerprint density at radius 2 is 2.20 bits per heavy atom. The lowest BCUT2D eigenvalue weighted by atomic mass is 10.0. The van der Waals surface area contributed by atoms with Gasteiger partial charge in [-0.2, -0.15) is 0 Å². The largest absolute Gasteiger partial charge is 0.372 e. The highest BCUT2D eigenvalue weighted by Crippen LogP contribution is 2.30. The molecule has 1 saturated heterocycles. The minimum absolute atomic E-state index is 0.0233. The Morgan fingerprint density at radius 3 is 2.80 bits per heavy atom. The summed E-state index contributed by atoms with van der Waals surface area (Å²) in [7, 11) is 0. The van der Waals surface area contributed by atoms with Gasteiger partial charge in [-0.25, -0.2) is 8.78 Å². The number of halogens is 2. The van der Waals surface area contributed by atoms with E-state index in [0.717, 1.165) is 12.0 Å². The molecule has 1 aromatic rings. The van der Waals surface area contributed by atoms with Crippen LogP contribution in [0.15, 0.2) is 24.3 Å². The molecular formula is C11H13F2NO. The molecule has 1 heterocycles. The Labute approximate surface area is 87.0 Å². The summed E-state index contributed by atoms with van der Waals surface area (Å²) in [5.41, 5.74) is 6.60. The third kappa shape index (κ3) is 2.16. The summed E-state index contributed by atoms with van der Waals surface area (Å²) >= 11 is 0. The maximum atomic E-state index is 12.5. The fourth-order valence-electron chi connectivity index (χ4n) is 1.82. The molecule has 4 heteroatoms. The molecule has 2 N–H and O–H groups in total. The smallest absolute Gasteiger partial charge is 0.263 e. The molecule has 2 nitrogen and oxygen atoms in total. The second-order valence-corrected chi connectivity index (χ2v) is 3.71. The van der Waals surface area contributed by atoms with Gasteiger partial charge in [0.05, 0.1) is 6.10 Å². The zero-order valence-corrected chi connectivity index (χ0v) is 8.20. The Balaban J connectivity index is 2.24. The quantitative estimate of drug-likeness (QED) is 0.818. The van der Waals surface area contributed by atoms with Crippen molar-refractivity contribution in [2.75, 3.05) is 6.61 Å². The van der Waals surface area contributed by atoms with Crippen molar-refractivity contribution in [1.82, 2.24) is 0 Å². The predicted octanol–water partition coefficient (Wildman–Crippen LogP) is 2.41. The van der Waals surface area contributed by atoms with Crippen molar-refractivity contribution in [1.29, 1.82) is 0 Å². The summed E-state index contributed by atoms with van der Waals surface area (Å²) in [5, 5.41) is 0. The Morgan fingerprint density at radius 1 is 1.40 bits per heavy atom. The standard InChI is InChI=1S/C11H13F2NO/c12-11(13)8-3-1-2-7(6-8)10-9(14)4-5-15-10/h1-3,6,9-11H,4-5,14H2. The van der Waals surface area contributed by atoms with Crippen molar-refractivity contribution in [3.05, 3.63) is 35.4 Å². The average Bonchev–Trinajstić information content (AvgIpc) is 2.64. The zero-order valence-electron chi connectivity index (χ0n) is 8.20. The van der Waals surface area contributed by atoms with Crippen molar-refractivity contribution in [2.45, 2.75) is 25.0 Å². The SMILES string of the molecule is NC1CCOC1c1cccc(C(F)F)c1. The number of alkyl halides is 2. The fourth-order valence-corrected chi connectivity index (χ4v) is 1.82. The second kappa shape index (κ2) is 4.24. The molecule has 1 aliphatic rings. The number of ether oxygens (including phenoxy) is 1. The molecule has 0 aliphatic carbocycles. The molecule has 0 radical (unpaired) electrons. The lowest BCUT2D eigenvalue weighted by Gasteiger charge is -2.15. The van der Waals surface area contributed by atoms with E-state index in [-0.39, 0.29) is 17.7 Å². The summed E-state index contributed by atoms with van der Waals surface area (Å²) in [6.07, 6.45) is -1.89. The van der Waals surface area contributed by atoms with Crippen LogP contribution in [-0.4, -0.2) is 12.6 Å². The van der Waals surface area contributed by atoms with Gasteiger partial charge >= 0.3 is 0 Å². The minimum atomic E-state index is -2.44. The molecule has 1 aromatic carbocycles. The molecule has 2 rings (SSSR count). The van der Waals surface area contributed by atoms with Gasteiger partial charge in [0.25, 0.3) is 6.43 Å². The van der Waals surface area contributed by atoms with Crippen LogP contribution < -0.4 is 5.73 Å². The van der Waals surface area contributed by atoms with Gasteiger partial charge < -0.3 is 10.5 Å². The summed E-state index contributed by atoms with van der Waals surface area (Å²) in [6.45, 7) is 0.602.